The Morgan fingerprint density at radius 1 is 1.10 bits per heavy atom. The number of hydrogen-bond acceptors (Lipinski definition) is 5. The lowest BCUT2D eigenvalue weighted by Gasteiger charge is -2.04. The van der Waals surface area contributed by atoms with Crippen molar-refractivity contribution in [2.45, 2.75) is 0 Å². The summed E-state index contributed by atoms with van der Waals surface area (Å²) in [6, 6.07) is 14.3. The highest BCUT2D eigenvalue weighted by atomic mass is 16.6. The number of ether oxygens (including phenoxy) is 1. The molecular weight excluding hydrogens is 272 g/mol. The monoisotopic (exact) mass is 284 g/mol. The molecule has 0 bridgehead atoms. The second-order valence-electron chi connectivity index (χ2n) is 4.15. The summed E-state index contributed by atoms with van der Waals surface area (Å²) in [6.07, 6.45) is 1.49. The average molecular weight is 284 g/mol. The molecule has 0 aromatic heterocycles. The molecule has 6 nitrogen and oxygen atoms in total. The maximum Gasteiger partial charge on any atom is 0.359 e. The van der Waals surface area contributed by atoms with Gasteiger partial charge >= 0.3 is 5.97 Å². The third-order valence-electron chi connectivity index (χ3n) is 2.62. The van der Waals surface area contributed by atoms with Crippen LogP contribution in [0.25, 0.3) is 6.08 Å². The van der Waals surface area contributed by atoms with E-state index in [0.717, 1.165) is 5.56 Å². The Kier molecular flexibility index (Phi) is 4.30. The van der Waals surface area contributed by atoms with E-state index in [2.05, 4.69) is 0 Å². The van der Waals surface area contributed by atoms with E-state index in [4.69, 9.17) is 10.5 Å². The molecule has 0 fully saturated rings. The number of nitro groups is 1. The van der Waals surface area contributed by atoms with Gasteiger partial charge in [0.05, 0.1) is 4.92 Å². The first-order chi connectivity index (χ1) is 10.1. The van der Waals surface area contributed by atoms with Crippen molar-refractivity contribution in [1.29, 1.82) is 0 Å². The summed E-state index contributed by atoms with van der Waals surface area (Å²) >= 11 is 0. The van der Waals surface area contributed by atoms with Crippen molar-refractivity contribution >= 4 is 17.7 Å². The van der Waals surface area contributed by atoms with Gasteiger partial charge in [-0.1, -0.05) is 30.3 Å². The molecule has 2 N–H and O–H groups in total. The van der Waals surface area contributed by atoms with Gasteiger partial charge in [-0.3, -0.25) is 10.1 Å². The number of non-ortho nitro benzene ring substituents is 1. The van der Waals surface area contributed by atoms with Crippen LogP contribution in [0.4, 0.5) is 5.69 Å². The number of rotatable bonds is 4. The smallest absolute Gasteiger partial charge is 0.359 e. The Morgan fingerprint density at radius 2 is 1.71 bits per heavy atom. The fourth-order valence-corrected chi connectivity index (χ4v) is 1.59. The summed E-state index contributed by atoms with van der Waals surface area (Å²) < 4.78 is 5.03. The molecule has 0 radical (unpaired) electrons. The third-order valence-corrected chi connectivity index (χ3v) is 2.62. The molecule has 2 aromatic rings. The highest BCUT2D eigenvalue weighted by molar-refractivity contribution is 5.94. The molecule has 0 spiro atoms. The molecule has 2 aromatic carbocycles. The molecule has 0 amide bonds. The highest BCUT2D eigenvalue weighted by Gasteiger charge is 2.10. The zero-order chi connectivity index (χ0) is 15.2. The number of nitro benzene ring substituents is 1. The van der Waals surface area contributed by atoms with E-state index >= 15 is 0 Å². The van der Waals surface area contributed by atoms with Gasteiger partial charge in [-0.25, -0.2) is 4.79 Å². The molecule has 0 aliphatic rings. The third kappa shape index (κ3) is 3.90. The van der Waals surface area contributed by atoms with Crippen molar-refractivity contribution in [3.8, 4) is 5.75 Å². The van der Waals surface area contributed by atoms with Gasteiger partial charge in [0.25, 0.3) is 5.69 Å². The Balaban J connectivity index is 2.07. The van der Waals surface area contributed by atoms with Crippen molar-refractivity contribution in [3.63, 3.8) is 0 Å². The minimum Gasteiger partial charge on any atom is -0.422 e. The average Bonchev–Trinajstić information content (AvgIpc) is 2.48. The van der Waals surface area contributed by atoms with Crippen LogP contribution in [0.15, 0.2) is 60.3 Å². The molecule has 21 heavy (non-hydrogen) atoms. The number of esters is 1. The molecule has 0 atom stereocenters. The predicted molar refractivity (Wildman–Crippen MR) is 77.3 cm³/mol. The number of hydrogen-bond donors (Lipinski definition) is 1. The molecule has 6 heteroatoms. The second-order valence-corrected chi connectivity index (χ2v) is 4.15. The summed E-state index contributed by atoms with van der Waals surface area (Å²) in [4.78, 5) is 21.8. The van der Waals surface area contributed by atoms with Crippen molar-refractivity contribution in [2.24, 2.45) is 5.73 Å². The van der Waals surface area contributed by atoms with Crippen LogP contribution in [0.2, 0.25) is 0 Å². The van der Waals surface area contributed by atoms with Crippen LogP contribution in [0.5, 0.6) is 5.75 Å². The van der Waals surface area contributed by atoms with Gasteiger partial charge in [-0.15, -0.1) is 0 Å². The first-order valence-electron chi connectivity index (χ1n) is 6.05. The summed E-state index contributed by atoms with van der Waals surface area (Å²) in [7, 11) is 0. The highest BCUT2D eigenvalue weighted by Crippen LogP contribution is 2.18. The molecular formula is C15H12N2O4. The first-order valence-corrected chi connectivity index (χ1v) is 6.05. The van der Waals surface area contributed by atoms with Gasteiger partial charge in [-0.2, -0.15) is 0 Å². The van der Waals surface area contributed by atoms with E-state index in [1.807, 2.05) is 18.2 Å². The summed E-state index contributed by atoms with van der Waals surface area (Å²) in [5, 5.41) is 10.5. The van der Waals surface area contributed by atoms with Crippen molar-refractivity contribution in [2.75, 3.05) is 0 Å². The van der Waals surface area contributed by atoms with E-state index in [-0.39, 0.29) is 17.1 Å². The summed E-state index contributed by atoms with van der Waals surface area (Å²) in [5.41, 5.74) is 6.29. The van der Waals surface area contributed by atoms with Crippen LogP contribution in [-0.2, 0) is 4.79 Å². The fourth-order valence-electron chi connectivity index (χ4n) is 1.59. The van der Waals surface area contributed by atoms with E-state index in [1.54, 1.807) is 12.1 Å². The van der Waals surface area contributed by atoms with E-state index in [9.17, 15) is 14.9 Å². The minimum atomic E-state index is -0.715. The topological polar surface area (TPSA) is 95.5 Å². The zero-order valence-electron chi connectivity index (χ0n) is 10.9. The molecule has 0 saturated heterocycles. The van der Waals surface area contributed by atoms with Crippen molar-refractivity contribution in [1.82, 2.24) is 0 Å². The number of nitrogens with zero attached hydrogens (tertiary/aromatic N) is 1. The maximum atomic E-state index is 11.8. The van der Waals surface area contributed by atoms with Gasteiger partial charge in [0.2, 0.25) is 0 Å². The maximum absolute atomic E-state index is 11.8. The molecule has 0 aliphatic carbocycles. The normalized spacial score (nSPS) is 11.0. The van der Waals surface area contributed by atoms with Crippen LogP contribution < -0.4 is 10.5 Å². The van der Waals surface area contributed by atoms with Crippen LogP contribution >= 0.6 is 0 Å². The van der Waals surface area contributed by atoms with Gasteiger partial charge in [-0.05, 0) is 23.8 Å². The largest absolute Gasteiger partial charge is 0.422 e. The predicted octanol–water partition coefficient (Wildman–Crippen LogP) is 2.50. The Morgan fingerprint density at radius 3 is 2.29 bits per heavy atom. The van der Waals surface area contributed by atoms with Crippen LogP contribution in [0, 0.1) is 10.1 Å². The van der Waals surface area contributed by atoms with Gasteiger partial charge < -0.3 is 10.5 Å². The number of carbonyl (C=O) groups is 1. The van der Waals surface area contributed by atoms with E-state index in [1.165, 1.54) is 30.3 Å². The Labute approximate surface area is 120 Å². The lowest BCUT2D eigenvalue weighted by molar-refractivity contribution is -0.384. The van der Waals surface area contributed by atoms with Crippen LogP contribution in [0.3, 0.4) is 0 Å². The fraction of sp³-hybridized carbons (Fsp3) is 0. The van der Waals surface area contributed by atoms with E-state index in [0.29, 0.717) is 0 Å². The zero-order valence-corrected chi connectivity index (χ0v) is 10.9. The SMILES string of the molecule is NC(=Cc1ccccc1)C(=O)Oc1ccc([N+](=O)[O-])cc1. The number of benzene rings is 2. The van der Waals surface area contributed by atoms with E-state index < -0.39 is 10.9 Å². The quantitative estimate of drug-likeness (QED) is 0.306. The molecule has 106 valence electrons. The molecule has 2 rings (SSSR count). The lowest BCUT2D eigenvalue weighted by Crippen LogP contribution is -2.17. The van der Waals surface area contributed by atoms with Crippen LogP contribution in [0.1, 0.15) is 5.56 Å². The Hall–Kier alpha value is -3.15. The van der Waals surface area contributed by atoms with Crippen LogP contribution in [-0.4, -0.2) is 10.9 Å². The first kappa shape index (κ1) is 14.3. The number of carbonyl (C=O) groups excluding carboxylic acids is 1. The van der Waals surface area contributed by atoms with Crippen molar-refractivity contribution < 1.29 is 14.5 Å². The molecule has 0 heterocycles. The van der Waals surface area contributed by atoms with Gasteiger partial charge in [0.15, 0.2) is 0 Å². The minimum absolute atomic E-state index is 0.0560. The summed E-state index contributed by atoms with van der Waals surface area (Å²) in [6.45, 7) is 0. The second kappa shape index (κ2) is 6.33. The van der Waals surface area contributed by atoms with Gasteiger partial charge in [0, 0.05) is 12.1 Å². The molecule has 0 aliphatic heterocycles. The lowest BCUT2D eigenvalue weighted by atomic mass is 10.2. The van der Waals surface area contributed by atoms with Gasteiger partial charge in [0.1, 0.15) is 11.4 Å². The summed E-state index contributed by atoms with van der Waals surface area (Å²) in [5.74, 6) is -0.525. The number of nitrogens with two attached hydrogens (primary N) is 1. The molecule has 0 unspecified atom stereocenters. The molecule has 0 saturated carbocycles. The standard InChI is InChI=1S/C15H12N2O4/c16-14(10-11-4-2-1-3-5-11)15(18)21-13-8-6-12(7-9-13)17(19)20/h1-10H,16H2. The Bertz CT molecular complexity index is 679. The van der Waals surface area contributed by atoms with Crippen molar-refractivity contribution in [3.05, 3.63) is 76.0 Å².